The quantitative estimate of drug-likeness (QED) is 0.909. The highest BCUT2D eigenvalue weighted by Gasteiger charge is 2.31. The Morgan fingerprint density at radius 1 is 1.45 bits per heavy atom. The fourth-order valence-corrected chi connectivity index (χ4v) is 4.57. The van der Waals surface area contributed by atoms with Gasteiger partial charge in [-0.15, -0.1) is 0 Å². The second-order valence-electron chi connectivity index (χ2n) is 5.94. The summed E-state index contributed by atoms with van der Waals surface area (Å²) in [4.78, 5) is 0. The molecule has 0 amide bonds. The van der Waals surface area contributed by atoms with Crippen molar-refractivity contribution in [1.82, 2.24) is 0 Å². The molecular formula is C16H25NO2S. The van der Waals surface area contributed by atoms with Gasteiger partial charge in [-0.2, -0.15) is 0 Å². The normalized spacial score (nSPS) is 23.4. The van der Waals surface area contributed by atoms with Crippen molar-refractivity contribution in [2.75, 3.05) is 12.9 Å². The first-order valence-corrected chi connectivity index (χ1v) is 8.70. The van der Waals surface area contributed by atoms with Crippen LogP contribution >= 0.6 is 0 Å². The zero-order valence-electron chi connectivity index (χ0n) is 12.6. The smallest absolute Gasteiger partial charge is 0.119 e. The van der Waals surface area contributed by atoms with E-state index in [0.717, 1.165) is 36.3 Å². The fourth-order valence-electron chi connectivity index (χ4n) is 2.71. The average molecular weight is 295 g/mol. The van der Waals surface area contributed by atoms with Crippen molar-refractivity contribution in [2.45, 2.75) is 44.4 Å². The zero-order chi connectivity index (χ0) is 14.7. The third kappa shape index (κ3) is 3.41. The lowest BCUT2D eigenvalue weighted by atomic mass is 9.87. The molecule has 3 nitrogen and oxygen atoms in total. The topological polar surface area (TPSA) is 52.3 Å². The first-order chi connectivity index (χ1) is 9.52. The minimum atomic E-state index is -0.839. The fraction of sp³-hybridized carbons (Fsp3) is 0.625. The molecule has 1 aromatic rings. The van der Waals surface area contributed by atoms with E-state index in [4.69, 9.17) is 10.5 Å². The maximum atomic E-state index is 12.5. The maximum absolute atomic E-state index is 12.5. The molecule has 2 rings (SSSR count). The standard InChI is InChI=1S/C16H25NO2S/c1-11(2)8-9-20(18)15-7-5-12-4-6-13(19-3)10-14(12)16(15)17/h4,6,10-11,15-16H,5,7-9,17H2,1-3H3. The summed E-state index contributed by atoms with van der Waals surface area (Å²) in [5, 5.41) is 0.0772. The van der Waals surface area contributed by atoms with Crippen LogP contribution in [-0.2, 0) is 17.2 Å². The largest absolute Gasteiger partial charge is 0.497 e. The molecule has 1 aliphatic rings. The molecule has 2 N–H and O–H groups in total. The van der Waals surface area contributed by atoms with E-state index in [1.807, 2.05) is 12.1 Å². The maximum Gasteiger partial charge on any atom is 0.119 e. The van der Waals surface area contributed by atoms with Crippen molar-refractivity contribution >= 4 is 10.8 Å². The summed E-state index contributed by atoms with van der Waals surface area (Å²) in [5.41, 5.74) is 8.76. The van der Waals surface area contributed by atoms with Gasteiger partial charge in [-0.1, -0.05) is 19.9 Å². The van der Waals surface area contributed by atoms with E-state index in [1.54, 1.807) is 7.11 Å². The molecular weight excluding hydrogens is 270 g/mol. The highest BCUT2D eigenvalue weighted by Crippen LogP contribution is 2.34. The van der Waals surface area contributed by atoms with Gasteiger partial charge < -0.3 is 10.5 Å². The monoisotopic (exact) mass is 295 g/mol. The van der Waals surface area contributed by atoms with Gasteiger partial charge in [0, 0.05) is 22.6 Å². The van der Waals surface area contributed by atoms with Crippen LogP contribution in [0, 0.1) is 5.92 Å². The molecule has 4 heteroatoms. The van der Waals surface area contributed by atoms with E-state index in [2.05, 4.69) is 19.9 Å². The van der Waals surface area contributed by atoms with Crippen molar-refractivity contribution in [3.8, 4) is 5.75 Å². The molecule has 0 fully saturated rings. The van der Waals surface area contributed by atoms with Gasteiger partial charge in [-0.3, -0.25) is 4.21 Å². The molecule has 0 saturated carbocycles. The number of hydrogen-bond acceptors (Lipinski definition) is 3. The molecule has 0 aliphatic heterocycles. The summed E-state index contributed by atoms with van der Waals surface area (Å²) in [7, 11) is 0.822. The third-order valence-corrected chi connectivity index (χ3v) is 5.89. The van der Waals surface area contributed by atoms with Crippen molar-refractivity contribution in [1.29, 1.82) is 0 Å². The average Bonchev–Trinajstić information content (AvgIpc) is 2.45. The highest BCUT2D eigenvalue weighted by atomic mass is 32.2. The molecule has 3 atom stereocenters. The SMILES string of the molecule is COc1ccc2c(c1)C(N)C(S(=O)CCC(C)C)CC2. The molecule has 0 bridgehead atoms. The van der Waals surface area contributed by atoms with E-state index in [0.29, 0.717) is 5.92 Å². The van der Waals surface area contributed by atoms with Crippen LogP contribution in [0.25, 0.3) is 0 Å². The summed E-state index contributed by atoms with van der Waals surface area (Å²) in [6.45, 7) is 4.33. The van der Waals surface area contributed by atoms with Crippen LogP contribution in [-0.4, -0.2) is 22.3 Å². The molecule has 1 aromatic carbocycles. The van der Waals surface area contributed by atoms with Crippen molar-refractivity contribution < 1.29 is 8.95 Å². The molecule has 0 radical (unpaired) electrons. The lowest BCUT2D eigenvalue weighted by Crippen LogP contribution is -2.36. The second-order valence-corrected chi connectivity index (χ2v) is 7.71. The number of ether oxygens (including phenoxy) is 1. The Morgan fingerprint density at radius 2 is 2.20 bits per heavy atom. The number of benzene rings is 1. The lowest BCUT2D eigenvalue weighted by molar-refractivity contribution is 0.412. The van der Waals surface area contributed by atoms with E-state index in [-0.39, 0.29) is 11.3 Å². The van der Waals surface area contributed by atoms with E-state index >= 15 is 0 Å². The van der Waals surface area contributed by atoms with Gasteiger partial charge in [0.1, 0.15) is 5.75 Å². The van der Waals surface area contributed by atoms with Crippen LogP contribution in [0.3, 0.4) is 0 Å². The molecule has 1 aliphatic carbocycles. The van der Waals surface area contributed by atoms with Crippen molar-refractivity contribution in [2.24, 2.45) is 11.7 Å². The lowest BCUT2D eigenvalue weighted by Gasteiger charge is -2.31. The van der Waals surface area contributed by atoms with Gasteiger partial charge in [0.2, 0.25) is 0 Å². The van der Waals surface area contributed by atoms with Crippen LogP contribution in [0.4, 0.5) is 0 Å². The predicted octanol–water partition coefficient (Wildman–Crippen LogP) is 2.80. The first kappa shape index (κ1) is 15.5. The number of hydrogen-bond donors (Lipinski definition) is 1. The van der Waals surface area contributed by atoms with E-state index in [9.17, 15) is 4.21 Å². The molecule has 0 heterocycles. The van der Waals surface area contributed by atoms with Gasteiger partial charge in [0.15, 0.2) is 0 Å². The Kier molecular flexibility index (Phi) is 5.22. The highest BCUT2D eigenvalue weighted by molar-refractivity contribution is 7.85. The van der Waals surface area contributed by atoms with Gasteiger partial charge in [-0.05, 0) is 48.4 Å². The Morgan fingerprint density at radius 3 is 2.85 bits per heavy atom. The molecule has 112 valence electrons. The summed E-state index contributed by atoms with van der Waals surface area (Å²) < 4.78 is 17.7. The van der Waals surface area contributed by atoms with Crippen molar-refractivity contribution in [3.63, 3.8) is 0 Å². The van der Waals surface area contributed by atoms with Crippen molar-refractivity contribution in [3.05, 3.63) is 29.3 Å². The first-order valence-electron chi connectivity index (χ1n) is 7.32. The summed E-state index contributed by atoms with van der Waals surface area (Å²) in [6, 6.07) is 5.93. The number of nitrogens with two attached hydrogens (primary N) is 1. The van der Waals surface area contributed by atoms with Gasteiger partial charge in [0.05, 0.1) is 12.4 Å². The van der Waals surface area contributed by atoms with Gasteiger partial charge >= 0.3 is 0 Å². The minimum Gasteiger partial charge on any atom is -0.497 e. The van der Waals surface area contributed by atoms with Crippen LogP contribution < -0.4 is 10.5 Å². The summed E-state index contributed by atoms with van der Waals surface area (Å²) in [5.74, 6) is 2.17. The summed E-state index contributed by atoms with van der Waals surface area (Å²) >= 11 is 0. The number of methoxy groups -OCH3 is 1. The predicted molar refractivity (Wildman–Crippen MR) is 84.5 cm³/mol. The second kappa shape index (κ2) is 6.72. The number of rotatable bonds is 5. The molecule has 0 spiro atoms. The van der Waals surface area contributed by atoms with Crippen LogP contribution in [0.2, 0.25) is 0 Å². The Labute approximate surface area is 124 Å². The Balaban J connectivity index is 2.13. The molecule has 3 unspecified atom stereocenters. The van der Waals surface area contributed by atoms with E-state index < -0.39 is 10.8 Å². The van der Waals surface area contributed by atoms with Crippen LogP contribution in [0.15, 0.2) is 18.2 Å². The van der Waals surface area contributed by atoms with Crippen LogP contribution in [0.5, 0.6) is 5.75 Å². The zero-order valence-corrected chi connectivity index (χ0v) is 13.4. The van der Waals surface area contributed by atoms with Gasteiger partial charge in [0.25, 0.3) is 0 Å². The van der Waals surface area contributed by atoms with E-state index in [1.165, 1.54) is 5.56 Å². The van der Waals surface area contributed by atoms with Gasteiger partial charge in [-0.25, -0.2) is 0 Å². The third-order valence-electron chi connectivity index (χ3n) is 4.04. The number of fused-ring (bicyclic) bond motifs is 1. The number of aryl methyl sites for hydroxylation is 1. The Hall–Kier alpha value is -0.870. The molecule has 0 aromatic heterocycles. The van der Waals surface area contributed by atoms with Crippen LogP contribution in [0.1, 0.15) is 43.9 Å². The molecule has 20 heavy (non-hydrogen) atoms. The minimum absolute atomic E-state index is 0.0772. The molecule has 0 saturated heterocycles. The Bertz CT molecular complexity index is 487. The summed E-state index contributed by atoms with van der Waals surface area (Å²) in [6.07, 6.45) is 2.89.